The van der Waals surface area contributed by atoms with E-state index in [1.54, 1.807) is 6.20 Å². The lowest BCUT2D eigenvalue weighted by atomic mass is 9.74. The summed E-state index contributed by atoms with van der Waals surface area (Å²) in [5.41, 5.74) is 0.0291. The molecular weight excluding hydrogens is 456 g/mol. The molecule has 2 atom stereocenters. The smallest absolute Gasteiger partial charge is 0.325 e. The average Bonchev–Trinajstić information content (AvgIpc) is 3.50. The van der Waals surface area contributed by atoms with Crippen LogP contribution in [0.4, 0.5) is 4.79 Å². The highest BCUT2D eigenvalue weighted by atomic mass is 16.5. The lowest BCUT2D eigenvalue weighted by molar-refractivity contribution is -0.138. The van der Waals surface area contributed by atoms with Gasteiger partial charge in [0.1, 0.15) is 0 Å². The fraction of sp³-hybridized carbons (Fsp3) is 0.500. The summed E-state index contributed by atoms with van der Waals surface area (Å²) in [5.74, 6) is -0.232. The van der Waals surface area contributed by atoms with E-state index in [2.05, 4.69) is 10.3 Å². The minimum Gasteiger partial charge on any atom is -0.376 e. The number of hydrogen-bond donors (Lipinski definition) is 1. The van der Waals surface area contributed by atoms with Crippen LogP contribution >= 0.6 is 0 Å². The molecule has 4 fully saturated rings. The molecule has 0 radical (unpaired) electrons. The molecular formula is C28H32N4O4. The van der Waals surface area contributed by atoms with E-state index in [0.29, 0.717) is 38.2 Å². The van der Waals surface area contributed by atoms with Crippen molar-refractivity contribution in [3.05, 3.63) is 66.0 Å². The maximum Gasteiger partial charge on any atom is 0.325 e. The zero-order chi connectivity index (χ0) is 24.8. The number of aromatic nitrogens is 1. The van der Waals surface area contributed by atoms with E-state index in [1.807, 2.05) is 53.4 Å². The highest BCUT2D eigenvalue weighted by Gasteiger charge is 2.59. The average molecular weight is 489 g/mol. The largest absolute Gasteiger partial charge is 0.376 e. The summed E-state index contributed by atoms with van der Waals surface area (Å²) in [7, 11) is 0. The standard InChI is InChI=1S/C28H32N4O4/c33-24(27(13-14-27)20-7-2-1-3-8-20)31-16-11-21(12-17-31)28(23-10-4-5-15-29-23)25(34)32(26(35)30-28)19-22-9-6-18-36-22/h1-5,7-8,10,15,21-22H,6,9,11-14,16-19H2,(H,30,35)/t22-,28+/m1/s1. The Bertz CT molecular complexity index is 1140. The predicted molar refractivity (Wildman–Crippen MR) is 132 cm³/mol. The Morgan fingerprint density at radius 1 is 1.03 bits per heavy atom. The molecule has 0 bridgehead atoms. The van der Waals surface area contributed by atoms with Crippen molar-refractivity contribution < 1.29 is 19.1 Å². The number of ether oxygens (including phenoxy) is 1. The van der Waals surface area contributed by atoms with Gasteiger partial charge in [-0.25, -0.2) is 4.79 Å². The van der Waals surface area contributed by atoms with Crippen molar-refractivity contribution in [2.75, 3.05) is 26.2 Å². The third-order valence-corrected chi connectivity index (χ3v) is 8.49. The quantitative estimate of drug-likeness (QED) is 0.632. The van der Waals surface area contributed by atoms with Crippen molar-refractivity contribution >= 4 is 17.8 Å². The van der Waals surface area contributed by atoms with Gasteiger partial charge in [0.05, 0.1) is 23.8 Å². The lowest BCUT2D eigenvalue weighted by Crippen LogP contribution is -2.55. The molecule has 8 heteroatoms. The van der Waals surface area contributed by atoms with Crippen LogP contribution in [0.25, 0.3) is 0 Å². The molecule has 1 aliphatic carbocycles. The maximum atomic E-state index is 14.0. The van der Waals surface area contributed by atoms with Crippen molar-refractivity contribution in [3.63, 3.8) is 0 Å². The van der Waals surface area contributed by atoms with Crippen LogP contribution in [-0.2, 0) is 25.3 Å². The number of nitrogens with zero attached hydrogens (tertiary/aromatic N) is 3. The molecule has 0 unspecified atom stereocenters. The van der Waals surface area contributed by atoms with Gasteiger partial charge in [-0.1, -0.05) is 36.4 Å². The summed E-state index contributed by atoms with van der Waals surface area (Å²) in [6, 6.07) is 15.1. The van der Waals surface area contributed by atoms with Crippen LogP contribution in [0.15, 0.2) is 54.7 Å². The minimum absolute atomic E-state index is 0.119. The van der Waals surface area contributed by atoms with Crippen molar-refractivity contribution in [2.24, 2.45) is 5.92 Å². The molecule has 1 aromatic heterocycles. The van der Waals surface area contributed by atoms with Gasteiger partial charge < -0.3 is 15.0 Å². The molecule has 3 saturated heterocycles. The molecule has 0 spiro atoms. The molecule has 4 heterocycles. The number of carbonyl (C=O) groups is 3. The fourth-order valence-corrected chi connectivity index (χ4v) is 6.33. The summed E-state index contributed by atoms with van der Waals surface area (Å²) >= 11 is 0. The van der Waals surface area contributed by atoms with E-state index in [1.165, 1.54) is 4.90 Å². The first kappa shape index (κ1) is 23.2. The number of piperidine rings is 1. The van der Waals surface area contributed by atoms with Gasteiger partial charge in [0.15, 0.2) is 5.54 Å². The van der Waals surface area contributed by atoms with Crippen LogP contribution in [0.5, 0.6) is 0 Å². The maximum absolute atomic E-state index is 14.0. The van der Waals surface area contributed by atoms with Crippen LogP contribution in [0.1, 0.15) is 49.8 Å². The number of imide groups is 1. The van der Waals surface area contributed by atoms with E-state index in [4.69, 9.17) is 4.74 Å². The number of urea groups is 1. The Labute approximate surface area is 211 Å². The summed E-state index contributed by atoms with van der Waals surface area (Å²) in [4.78, 5) is 48.5. The number of rotatable bonds is 6. The summed E-state index contributed by atoms with van der Waals surface area (Å²) < 4.78 is 5.71. The van der Waals surface area contributed by atoms with E-state index in [-0.39, 0.29) is 36.4 Å². The number of pyridine rings is 1. The van der Waals surface area contributed by atoms with Gasteiger partial charge in [0.25, 0.3) is 5.91 Å². The second-order valence-electron chi connectivity index (χ2n) is 10.5. The molecule has 188 valence electrons. The molecule has 6 rings (SSSR count). The van der Waals surface area contributed by atoms with Gasteiger partial charge in [-0.3, -0.25) is 19.5 Å². The number of benzene rings is 1. The normalized spacial score (nSPS) is 27.8. The van der Waals surface area contributed by atoms with Gasteiger partial charge in [0, 0.05) is 31.8 Å². The Morgan fingerprint density at radius 3 is 2.42 bits per heavy atom. The summed E-state index contributed by atoms with van der Waals surface area (Å²) in [6.45, 7) is 2.04. The van der Waals surface area contributed by atoms with Gasteiger partial charge in [-0.15, -0.1) is 0 Å². The van der Waals surface area contributed by atoms with Crippen LogP contribution in [0.2, 0.25) is 0 Å². The minimum atomic E-state index is -1.22. The Balaban J connectivity index is 1.23. The van der Waals surface area contributed by atoms with Crippen molar-refractivity contribution in [3.8, 4) is 0 Å². The first-order valence-electron chi connectivity index (χ1n) is 13.1. The molecule has 1 N–H and O–H groups in total. The molecule has 8 nitrogen and oxygen atoms in total. The molecule has 2 aromatic rings. The predicted octanol–water partition coefficient (Wildman–Crippen LogP) is 2.98. The van der Waals surface area contributed by atoms with Crippen LogP contribution in [0.3, 0.4) is 0 Å². The first-order chi connectivity index (χ1) is 17.5. The SMILES string of the molecule is O=C1N[C@](c2ccccn2)(C2CCN(C(=O)C3(c4ccccc4)CC3)CC2)C(=O)N1C[C@H]1CCCO1. The molecule has 36 heavy (non-hydrogen) atoms. The van der Waals surface area contributed by atoms with Gasteiger partial charge in [-0.05, 0) is 56.2 Å². The molecule has 1 aromatic carbocycles. The number of nitrogens with one attached hydrogen (secondary N) is 1. The second-order valence-corrected chi connectivity index (χ2v) is 10.5. The zero-order valence-corrected chi connectivity index (χ0v) is 20.4. The van der Waals surface area contributed by atoms with Crippen LogP contribution < -0.4 is 5.32 Å². The Morgan fingerprint density at radius 2 is 1.78 bits per heavy atom. The third-order valence-electron chi connectivity index (χ3n) is 8.49. The lowest BCUT2D eigenvalue weighted by Gasteiger charge is -2.41. The number of amides is 4. The van der Waals surface area contributed by atoms with E-state index < -0.39 is 11.0 Å². The Hall–Kier alpha value is -3.26. The first-order valence-corrected chi connectivity index (χ1v) is 13.1. The summed E-state index contributed by atoms with van der Waals surface area (Å²) in [6.07, 6.45) is 6.31. The van der Waals surface area contributed by atoms with Crippen LogP contribution in [0, 0.1) is 5.92 Å². The third kappa shape index (κ3) is 3.70. The fourth-order valence-electron chi connectivity index (χ4n) is 6.33. The molecule has 4 amide bonds. The van der Waals surface area contributed by atoms with Crippen LogP contribution in [-0.4, -0.2) is 65.0 Å². The highest BCUT2D eigenvalue weighted by Crippen LogP contribution is 2.50. The number of carbonyl (C=O) groups excluding carboxylic acids is 3. The van der Waals surface area contributed by atoms with Crippen molar-refractivity contribution in [2.45, 2.75) is 55.6 Å². The molecule has 3 aliphatic heterocycles. The topological polar surface area (TPSA) is 91.8 Å². The number of hydrogen-bond acceptors (Lipinski definition) is 5. The zero-order valence-electron chi connectivity index (χ0n) is 20.4. The number of likely N-dealkylation sites (tertiary alicyclic amines) is 1. The Kier molecular flexibility index (Phi) is 5.79. The van der Waals surface area contributed by atoms with E-state index >= 15 is 0 Å². The summed E-state index contributed by atoms with van der Waals surface area (Å²) in [5, 5.41) is 3.06. The van der Waals surface area contributed by atoms with Gasteiger partial charge in [0.2, 0.25) is 5.91 Å². The van der Waals surface area contributed by atoms with Gasteiger partial charge >= 0.3 is 6.03 Å². The van der Waals surface area contributed by atoms with E-state index in [9.17, 15) is 14.4 Å². The van der Waals surface area contributed by atoms with Crippen molar-refractivity contribution in [1.29, 1.82) is 0 Å². The van der Waals surface area contributed by atoms with Gasteiger partial charge in [-0.2, -0.15) is 0 Å². The van der Waals surface area contributed by atoms with Crippen molar-refractivity contribution in [1.82, 2.24) is 20.1 Å². The van der Waals surface area contributed by atoms with E-state index in [0.717, 1.165) is 31.2 Å². The second kappa shape index (κ2) is 9.00. The molecule has 4 aliphatic rings. The monoisotopic (exact) mass is 488 g/mol. The molecule has 1 saturated carbocycles. The highest BCUT2D eigenvalue weighted by molar-refractivity contribution is 6.07.